The number of ketones is 3. The number of nitrogens with zero attached hydrogens (tertiary/aromatic N) is 1. The molecular formula is C56H89NO15. The number of piperidine rings is 1. The van der Waals surface area contributed by atoms with E-state index in [1.54, 1.807) is 48.0 Å². The number of methoxy groups -OCH3 is 3. The molecule has 4 N–H and O–H groups in total. The molecule has 4 aliphatic rings. The maximum absolute atomic E-state index is 14.5. The predicted octanol–water partition coefficient (Wildman–Crippen LogP) is 6.20. The van der Waals surface area contributed by atoms with Gasteiger partial charge in [-0.15, -0.1) is 0 Å². The van der Waals surface area contributed by atoms with E-state index in [0.717, 1.165) is 12.0 Å². The lowest BCUT2D eigenvalue weighted by atomic mass is 9.78. The summed E-state index contributed by atoms with van der Waals surface area (Å²) in [6.45, 7) is 14.1. The number of Topliss-reactive ketones (excluding diaryl/α,β-unsaturated/α-hetero) is 3. The molecule has 0 unspecified atom stereocenters. The van der Waals surface area contributed by atoms with Crippen LogP contribution in [0.25, 0.3) is 0 Å². The maximum Gasteiger partial charge on any atom is 0.329 e. The molecule has 0 radical (unpaired) electrons. The van der Waals surface area contributed by atoms with Crippen LogP contribution in [0, 0.1) is 40.9 Å². The molecule has 3 heterocycles. The van der Waals surface area contributed by atoms with Gasteiger partial charge in [-0.05, 0) is 107 Å². The van der Waals surface area contributed by atoms with Crippen molar-refractivity contribution in [2.45, 2.75) is 187 Å². The van der Waals surface area contributed by atoms with E-state index < -0.39 is 83.2 Å². The number of rotatable bonds is 11. The van der Waals surface area contributed by atoms with Gasteiger partial charge >= 0.3 is 5.97 Å². The average Bonchev–Trinajstić information content (AvgIpc) is 3.37. The summed E-state index contributed by atoms with van der Waals surface area (Å²) in [4.78, 5) is 72.5. The fourth-order valence-electron chi connectivity index (χ4n) is 10.7. The Labute approximate surface area is 428 Å². The summed E-state index contributed by atoms with van der Waals surface area (Å²) < 4.78 is 36.0. The van der Waals surface area contributed by atoms with E-state index in [4.69, 9.17) is 28.4 Å². The molecule has 1 aliphatic carbocycles. The minimum Gasteiger partial charge on any atom is -0.460 e. The number of hydrogen-bond donors (Lipinski definition) is 4. The molecule has 2 saturated heterocycles. The zero-order valence-electron chi connectivity index (χ0n) is 45.1. The quantitative estimate of drug-likeness (QED) is 0.103. The fourth-order valence-corrected chi connectivity index (χ4v) is 10.7. The largest absolute Gasteiger partial charge is 0.460 e. The van der Waals surface area contributed by atoms with Gasteiger partial charge in [-0.25, -0.2) is 4.79 Å². The van der Waals surface area contributed by atoms with E-state index in [-0.39, 0.29) is 80.7 Å². The van der Waals surface area contributed by atoms with Gasteiger partial charge in [-0.2, -0.15) is 0 Å². The van der Waals surface area contributed by atoms with Crippen molar-refractivity contribution in [3.8, 4) is 0 Å². The van der Waals surface area contributed by atoms with E-state index in [1.165, 1.54) is 12.0 Å². The number of amides is 1. The molecule has 0 spiro atoms. The van der Waals surface area contributed by atoms with Crippen molar-refractivity contribution in [2.75, 3.05) is 47.7 Å². The standard InChI is InChI=1S/C56H89NO15/c1-34-17-13-12-14-18-35(2)46(67-9)29-42-22-20-40(7)56(66,72-42)52(63)53(64)57-24-16-15-19-43(57)54(65)71-47(30-44(60)36(3)26-39(6)50(62)51(69-11)49(61)38(5)25-34)37(4)27-41-21-23-45(48(28-41)68-10)70-33-55(8,31-58)32-59/h12-14,17-18,26,34,36-38,40-43,45-48,50-51,58-59,62,66H,15-16,19-25,27-33H2,1-11H3/b14-12+,17-13+,35-18+,39-26+/t34-,36-,37-,38-,40-,41+,42+,43+,45-,46+,47+,48-,50-,51+,56-/m1/s1. The summed E-state index contributed by atoms with van der Waals surface area (Å²) in [5.74, 6) is -8.19. The van der Waals surface area contributed by atoms with Crippen molar-refractivity contribution >= 4 is 29.2 Å². The lowest BCUT2D eigenvalue weighted by molar-refractivity contribution is -0.265. The second kappa shape index (κ2) is 28.4. The third kappa shape index (κ3) is 16.3. The number of ether oxygens (including phenoxy) is 6. The first-order chi connectivity index (χ1) is 34.1. The molecule has 3 aliphatic heterocycles. The lowest BCUT2D eigenvalue weighted by Crippen LogP contribution is -2.61. The van der Waals surface area contributed by atoms with E-state index in [1.807, 2.05) is 58.1 Å². The Morgan fingerprint density at radius 1 is 0.847 bits per heavy atom. The van der Waals surface area contributed by atoms with Crippen molar-refractivity contribution in [1.29, 1.82) is 0 Å². The molecule has 15 atom stereocenters. The van der Waals surface area contributed by atoms with Gasteiger partial charge in [0, 0.05) is 63.9 Å². The van der Waals surface area contributed by atoms with Crippen LogP contribution in [0.2, 0.25) is 0 Å². The molecule has 16 nitrogen and oxygen atoms in total. The highest BCUT2D eigenvalue weighted by molar-refractivity contribution is 6.39. The summed E-state index contributed by atoms with van der Waals surface area (Å²) in [6.07, 6.45) is 11.4. The van der Waals surface area contributed by atoms with Crippen LogP contribution in [-0.4, -0.2) is 157 Å². The summed E-state index contributed by atoms with van der Waals surface area (Å²) in [5, 5.41) is 43.2. The molecule has 1 saturated carbocycles. The van der Waals surface area contributed by atoms with Crippen molar-refractivity contribution in [1.82, 2.24) is 4.90 Å². The Morgan fingerprint density at radius 3 is 2.21 bits per heavy atom. The Morgan fingerprint density at radius 2 is 1.56 bits per heavy atom. The smallest absolute Gasteiger partial charge is 0.329 e. The predicted molar refractivity (Wildman–Crippen MR) is 271 cm³/mol. The summed E-state index contributed by atoms with van der Waals surface area (Å²) in [5.41, 5.74) is 0.439. The molecule has 0 aromatic carbocycles. The molecule has 4 rings (SSSR count). The normalized spacial score (nSPS) is 37.9. The van der Waals surface area contributed by atoms with Gasteiger partial charge in [-0.3, -0.25) is 19.2 Å². The number of cyclic esters (lactones) is 1. The van der Waals surface area contributed by atoms with Crippen LogP contribution in [0.1, 0.15) is 132 Å². The Hall–Kier alpha value is -3.45. The van der Waals surface area contributed by atoms with Crippen LogP contribution in [-0.2, 0) is 52.4 Å². The number of aliphatic hydroxyl groups is 4. The minimum atomic E-state index is -2.45. The Balaban J connectivity index is 1.69. The zero-order valence-corrected chi connectivity index (χ0v) is 45.1. The molecule has 3 fully saturated rings. The van der Waals surface area contributed by atoms with Gasteiger partial charge < -0.3 is 53.7 Å². The summed E-state index contributed by atoms with van der Waals surface area (Å²) in [6, 6.07) is -1.17. The second-order valence-electron chi connectivity index (χ2n) is 22.0. The number of carbonyl (C=O) groups excluding carboxylic acids is 5. The number of fused-ring (bicyclic) bond motifs is 3. The number of hydrogen-bond acceptors (Lipinski definition) is 15. The highest BCUT2D eigenvalue weighted by atomic mass is 16.6. The fraction of sp³-hybridized carbons (Fsp3) is 0.768. The third-order valence-corrected chi connectivity index (χ3v) is 15.9. The molecule has 72 heavy (non-hydrogen) atoms. The first kappa shape index (κ1) is 61.1. The Bertz CT molecular complexity index is 1930. The Kier molecular flexibility index (Phi) is 24.1. The van der Waals surface area contributed by atoms with E-state index in [2.05, 4.69) is 0 Å². The third-order valence-electron chi connectivity index (χ3n) is 15.9. The van der Waals surface area contributed by atoms with Crippen molar-refractivity contribution in [3.63, 3.8) is 0 Å². The first-order valence-corrected chi connectivity index (χ1v) is 26.4. The SMILES string of the molecule is CO[C@H]1C[C@@H]2CC[C@@H](C)[C@@](O)(O2)C(=O)C(=O)N2CCCC[C@H]2C(=O)O[C@H]([C@H](C)C[C@@H]2CC[C@@H](OCC(C)(CO)CO)[C@H](OC)C2)CC(=O)[C@H](C)/C=C(\C)[C@@H](O)[C@@H](OC)C(=O)[C@H](C)C[C@H](C)/C=C/C=C/C=C/1C. The van der Waals surface area contributed by atoms with E-state index >= 15 is 0 Å². The van der Waals surface area contributed by atoms with Crippen LogP contribution < -0.4 is 0 Å². The van der Waals surface area contributed by atoms with Gasteiger partial charge in [0.2, 0.25) is 5.79 Å². The molecule has 0 aromatic heterocycles. The maximum atomic E-state index is 14.5. The number of allylic oxidation sites excluding steroid dienone is 6. The van der Waals surface area contributed by atoms with Gasteiger partial charge in [0.05, 0.1) is 44.2 Å². The van der Waals surface area contributed by atoms with Gasteiger partial charge in [0.1, 0.15) is 30.1 Å². The summed E-state index contributed by atoms with van der Waals surface area (Å²) in [7, 11) is 4.56. The van der Waals surface area contributed by atoms with Gasteiger partial charge in [0.25, 0.3) is 11.7 Å². The van der Waals surface area contributed by atoms with Crippen LogP contribution >= 0.6 is 0 Å². The van der Waals surface area contributed by atoms with E-state index in [9.17, 15) is 44.4 Å². The topological polar surface area (TPSA) is 225 Å². The number of carbonyl (C=O) groups is 5. The highest BCUT2D eigenvalue weighted by Gasteiger charge is 2.53. The van der Waals surface area contributed by atoms with Crippen molar-refractivity contribution in [3.05, 3.63) is 47.6 Å². The van der Waals surface area contributed by atoms with Crippen LogP contribution in [0.15, 0.2) is 47.6 Å². The zero-order chi connectivity index (χ0) is 53.5. The van der Waals surface area contributed by atoms with Crippen molar-refractivity contribution < 1.29 is 72.8 Å². The van der Waals surface area contributed by atoms with Crippen LogP contribution in [0.5, 0.6) is 0 Å². The van der Waals surface area contributed by atoms with E-state index in [0.29, 0.717) is 63.4 Å². The molecule has 1 amide bonds. The second-order valence-corrected chi connectivity index (χ2v) is 22.0. The average molecular weight is 1020 g/mol. The van der Waals surface area contributed by atoms with Gasteiger partial charge in [-0.1, -0.05) is 78.0 Å². The molecule has 16 heteroatoms. The van der Waals surface area contributed by atoms with Crippen molar-refractivity contribution in [2.24, 2.45) is 40.9 Å². The minimum absolute atomic E-state index is 0.00630. The highest BCUT2D eigenvalue weighted by Crippen LogP contribution is 2.38. The van der Waals surface area contributed by atoms with Crippen LogP contribution in [0.4, 0.5) is 0 Å². The molecule has 408 valence electrons. The number of aliphatic hydroxyl groups excluding tert-OH is 3. The number of esters is 1. The molecule has 2 bridgehead atoms. The molecular weight excluding hydrogens is 927 g/mol. The summed E-state index contributed by atoms with van der Waals surface area (Å²) >= 11 is 0. The van der Waals surface area contributed by atoms with Gasteiger partial charge in [0.15, 0.2) is 5.78 Å². The molecule has 0 aromatic rings. The monoisotopic (exact) mass is 1020 g/mol. The first-order valence-electron chi connectivity index (χ1n) is 26.4. The van der Waals surface area contributed by atoms with Crippen LogP contribution in [0.3, 0.4) is 0 Å². The lowest BCUT2D eigenvalue weighted by Gasteiger charge is -2.42.